The van der Waals surface area contributed by atoms with Crippen LogP contribution in [-0.2, 0) is 30.5 Å². The number of benzene rings is 2. The second-order valence-electron chi connectivity index (χ2n) is 8.17. The van der Waals surface area contributed by atoms with Crippen LogP contribution in [0.4, 0.5) is 0 Å². The number of nitrogens with zero attached hydrogens (tertiary/aromatic N) is 2. The molecule has 0 bridgehead atoms. The Morgan fingerprint density at radius 1 is 1.08 bits per heavy atom. The van der Waals surface area contributed by atoms with Crippen LogP contribution < -0.4 is 9.47 Å². The standard InChI is InChI=1S/C28H27ClN2O7/c1-18-22(27(33)31(28(34)23(18)16-30)10-11-36-12-13-37-19(2)32)14-20-8-9-25(26(15-20)35-3)38-17-21-6-4-5-7-24(21)29/h4-9,14-15H,10-13,17H2,1-3H3/b22-14+. The number of rotatable bonds is 11. The summed E-state index contributed by atoms with van der Waals surface area (Å²) >= 11 is 6.20. The van der Waals surface area contributed by atoms with Gasteiger partial charge in [-0.25, -0.2) is 0 Å². The number of esters is 1. The van der Waals surface area contributed by atoms with E-state index in [-0.39, 0.29) is 49.7 Å². The van der Waals surface area contributed by atoms with Gasteiger partial charge < -0.3 is 18.9 Å². The lowest BCUT2D eigenvalue weighted by atomic mass is 9.93. The first kappa shape index (κ1) is 28.4. The molecular weight excluding hydrogens is 512 g/mol. The van der Waals surface area contributed by atoms with E-state index in [1.165, 1.54) is 14.0 Å². The maximum atomic E-state index is 13.2. The fourth-order valence-electron chi connectivity index (χ4n) is 3.67. The summed E-state index contributed by atoms with van der Waals surface area (Å²) in [7, 11) is 1.50. The first-order chi connectivity index (χ1) is 18.3. The molecule has 1 aliphatic heterocycles. The smallest absolute Gasteiger partial charge is 0.302 e. The monoisotopic (exact) mass is 538 g/mol. The Kier molecular flexibility index (Phi) is 10.0. The van der Waals surface area contributed by atoms with Crippen molar-refractivity contribution >= 4 is 35.5 Å². The van der Waals surface area contributed by atoms with Crippen LogP contribution in [0.1, 0.15) is 25.0 Å². The summed E-state index contributed by atoms with van der Waals surface area (Å²) < 4.78 is 21.5. The highest BCUT2D eigenvalue weighted by atomic mass is 35.5. The van der Waals surface area contributed by atoms with Crippen LogP contribution in [0.15, 0.2) is 59.2 Å². The number of ether oxygens (including phenoxy) is 4. The van der Waals surface area contributed by atoms with Crippen molar-refractivity contribution in [3.8, 4) is 17.6 Å². The molecule has 0 unspecified atom stereocenters. The van der Waals surface area contributed by atoms with Gasteiger partial charge in [0.25, 0.3) is 11.8 Å². The summed E-state index contributed by atoms with van der Waals surface area (Å²) in [5, 5.41) is 10.2. The summed E-state index contributed by atoms with van der Waals surface area (Å²) in [6.45, 7) is 3.22. The van der Waals surface area contributed by atoms with Crippen LogP contribution in [0.2, 0.25) is 5.02 Å². The van der Waals surface area contributed by atoms with Crippen molar-refractivity contribution in [1.29, 1.82) is 5.26 Å². The Morgan fingerprint density at radius 3 is 2.53 bits per heavy atom. The van der Waals surface area contributed by atoms with E-state index in [0.29, 0.717) is 22.1 Å². The second-order valence-corrected chi connectivity index (χ2v) is 8.58. The summed E-state index contributed by atoms with van der Waals surface area (Å²) in [5.74, 6) is -0.742. The maximum absolute atomic E-state index is 13.2. The zero-order valence-corrected chi connectivity index (χ0v) is 22.0. The fourth-order valence-corrected chi connectivity index (χ4v) is 3.86. The fraction of sp³-hybridized carbons (Fsp3) is 0.286. The van der Waals surface area contributed by atoms with Gasteiger partial charge in [0.2, 0.25) is 0 Å². The van der Waals surface area contributed by atoms with Crippen LogP contribution in [-0.4, -0.2) is 56.2 Å². The molecule has 0 spiro atoms. The van der Waals surface area contributed by atoms with E-state index in [2.05, 4.69) is 0 Å². The number of hydrogen-bond acceptors (Lipinski definition) is 8. The Balaban J connectivity index is 1.79. The number of methoxy groups -OCH3 is 1. The van der Waals surface area contributed by atoms with Gasteiger partial charge in [0, 0.05) is 23.1 Å². The zero-order valence-electron chi connectivity index (χ0n) is 21.3. The number of carbonyl (C=O) groups is 3. The molecule has 0 saturated heterocycles. The number of halogens is 1. The Morgan fingerprint density at radius 2 is 1.84 bits per heavy atom. The van der Waals surface area contributed by atoms with Crippen molar-refractivity contribution in [2.24, 2.45) is 0 Å². The van der Waals surface area contributed by atoms with E-state index in [4.69, 9.17) is 30.5 Å². The number of nitriles is 1. The Bertz CT molecular complexity index is 1330. The molecule has 1 heterocycles. The van der Waals surface area contributed by atoms with Crippen molar-refractivity contribution in [2.45, 2.75) is 20.5 Å². The molecule has 0 fully saturated rings. The Labute approximate surface area is 225 Å². The molecule has 9 nitrogen and oxygen atoms in total. The van der Waals surface area contributed by atoms with Gasteiger partial charge in [-0.15, -0.1) is 0 Å². The van der Waals surface area contributed by atoms with Crippen molar-refractivity contribution in [2.75, 3.05) is 33.5 Å². The van der Waals surface area contributed by atoms with Crippen LogP contribution in [0.25, 0.3) is 6.08 Å². The second kappa shape index (κ2) is 13.4. The first-order valence-electron chi connectivity index (χ1n) is 11.7. The van der Waals surface area contributed by atoms with Crippen LogP contribution in [0.3, 0.4) is 0 Å². The van der Waals surface area contributed by atoms with Gasteiger partial charge >= 0.3 is 5.97 Å². The normalized spacial score (nSPS) is 14.5. The van der Waals surface area contributed by atoms with Crippen molar-refractivity contribution in [3.63, 3.8) is 0 Å². The van der Waals surface area contributed by atoms with Crippen LogP contribution >= 0.6 is 11.6 Å². The lowest BCUT2D eigenvalue weighted by Gasteiger charge is -2.27. The molecule has 2 aromatic rings. The van der Waals surface area contributed by atoms with Gasteiger partial charge in [0.15, 0.2) is 11.5 Å². The molecule has 198 valence electrons. The van der Waals surface area contributed by atoms with Crippen molar-refractivity contribution in [3.05, 3.63) is 75.3 Å². The zero-order chi connectivity index (χ0) is 27.7. The highest BCUT2D eigenvalue weighted by Gasteiger charge is 2.35. The predicted octanol–water partition coefficient (Wildman–Crippen LogP) is 4.10. The molecule has 0 aliphatic carbocycles. The summed E-state index contributed by atoms with van der Waals surface area (Å²) in [6.07, 6.45) is 1.59. The summed E-state index contributed by atoms with van der Waals surface area (Å²) in [4.78, 5) is 37.8. The highest BCUT2D eigenvalue weighted by Crippen LogP contribution is 2.32. The van der Waals surface area contributed by atoms with Gasteiger partial charge in [-0.1, -0.05) is 35.9 Å². The molecule has 2 aromatic carbocycles. The van der Waals surface area contributed by atoms with E-state index in [1.807, 2.05) is 24.3 Å². The van der Waals surface area contributed by atoms with Gasteiger partial charge in [-0.2, -0.15) is 5.26 Å². The van der Waals surface area contributed by atoms with Crippen molar-refractivity contribution < 1.29 is 33.3 Å². The SMILES string of the molecule is COc1cc(/C=C2/C(=O)N(CCOCCOC(C)=O)C(=O)C(C#N)=C2C)ccc1OCc1ccccc1Cl. The molecule has 0 N–H and O–H groups in total. The average Bonchev–Trinajstić information content (AvgIpc) is 2.90. The maximum Gasteiger partial charge on any atom is 0.302 e. The third-order valence-corrected chi connectivity index (χ3v) is 6.03. The minimum absolute atomic E-state index is 0.0229. The average molecular weight is 539 g/mol. The summed E-state index contributed by atoms with van der Waals surface area (Å²) in [5.41, 5.74) is 1.79. The van der Waals surface area contributed by atoms with E-state index in [9.17, 15) is 19.6 Å². The molecule has 2 amide bonds. The van der Waals surface area contributed by atoms with Gasteiger partial charge in [0.05, 0.1) is 26.9 Å². The van der Waals surface area contributed by atoms with Gasteiger partial charge in [-0.3, -0.25) is 19.3 Å². The quantitative estimate of drug-likeness (QED) is 0.182. The minimum Gasteiger partial charge on any atom is -0.493 e. The molecular formula is C28H27ClN2O7. The molecule has 10 heteroatoms. The predicted molar refractivity (Wildman–Crippen MR) is 139 cm³/mol. The number of amides is 2. The molecule has 0 aromatic heterocycles. The van der Waals surface area contributed by atoms with E-state index < -0.39 is 17.8 Å². The van der Waals surface area contributed by atoms with E-state index in [0.717, 1.165) is 10.5 Å². The molecule has 38 heavy (non-hydrogen) atoms. The van der Waals surface area contributed by atoms with Crippen molar-refractivity contribution in [1.82, 2.24) is 4.90 Å². The van der Waals surface area contributed by atoms with Crippen LogP contribution in [0, 0.1) is 11.3 Å². The topological polar surface area (TPSA) is 115 Å². The molecule has 0 radical (unpaired) electrons. The molecule has 3 rings (SSSR count). The first-order valence-corrected chi connectivity index (χ1v) is 12.1. The third-order valence-electron chi connectivity index (χ3n) is 5.66. The number of hydrogen-bond donors (Lipinski definition) is 0. The highest BCUT2D eigenvalue weighted by molar-refractivity contribution is 6.31. The molecule has 0 saturated carbocycles. The van der Waals surface area contributed by atoms with Crippen LogP contribution in [0.5, 0.6) is 11.5 Å². The Hall–Kier alpha value is -4.13. The van der Waals surface area contributed by atoms with E-state index >= 15 is 0 Å². The largest absolute Gasteiger partial charge is 0.493 e. The molecule has 1 aliphatic rings. The van der Waals surface area contributed by atoms with Gasteiger partial charge in [0.1, 0.15) is 24.9 Å². The van der Waals surface area contributed by atoms with E-state index in [1.54, 1.807) is 37.3 Å². The summed E-state index contributed by atoms with van der Waals surface area (Å²) in [6, 6.07) is 14.4. The van der Waals surface area contributed by atoms with Gasteiger partial charge in [-0.05, 0) is 42.3 Å². The lowest BCUT2D eigenvalue weighted by Crippen LogP contribution is -2.44. The lowest BCUT2D eigenvalue weighted by molar-refractivity contribution is -0.142. The third kappa shape index (κ3) is 7.00. The minimum atomic E-state index is -0.684. The number of imide groups is 1. The molecule has 0 atom stereocenters. The number of carbonyl (C=O) groups excluding carboxylic acids is 3.